The minimum absolute atomic E-state index is 0.0911. The lowest BCUT2D eigenvalue weighted by Crippen LogP contribution is -2.46. The van der Waals surface area contributed by atoms with Gasteiger partial charge in [-0.1, -0.05) is 6.07 Å². The van der Waals surface area contributed by atoms with E-state index in [1.54, 1.807) is 11.3 Å². The molecule has 1 spiro atoms. The van der Waals surface area contributed by atoms with Crippen molar-refractivity contribution in [2.24, 2.45) is 0 Å². The molecule has 3 aliphatic rings. The lowest BCUT2D eigenvalue weighted by atomic mass is 9.85. The second-order valence-electron chi connectivity index (χ2n) is 7.99. The molecule has 142 valence electrons. The Hall–Kier alpha value is -1.92. The molecule has 1 amide bonds. The van der Waals surface area contributed by atoms with Gasteiger partial charge in [-0.05, 0) is 62.3 Å². The Morgan fingerprint density at radius 2 is 2.15 bits per heavy atom. The van der Waals surface area contributed by atoms with E-state index in [9.17, 15) is 4.79 Å². The highest BCUT2D eigenvalue weighted by atomic mass is 32.1. The van der Waals surface area contributed by atoms with Crippen LogP contribution in [0.25, 0.3) is 0 Å². The Morgan fingerprint density at radius 1 is 1.33 bits per heavy atom. The van der Waals surface area contributed by atoms with Gasteiger partial charge in [0.05, 0.1) is 11.5 Å². The third-order valence-electron chi connectivity index (χ3n) is 5.90. The molecule has 0 unspecified atom stereocenters. The van der Waals surface area contributed by atoms with Gasteiger partial charge < -0.3 is 15.0 Å². The summed E-state index contributed by atoms with van der Waals surface area (Å²) in [6, 6.07) is 6.72. The van der Waals surface area contributed by atoms with E-state index >= 15 is 0 Å². The van der Waals surface area contributed by atoms with Crippen molar-refractivity contribution < 1.29 is 9.53 Å². The molecule has 0 atom stereocenters. The molecule has 0 radical (unpaired) electrons. The fraction of sp³-hybridized carbons (Fsp3) is 0.524. The first-order valence-corrected chi connectivity index (χ1v) is 10.7. The maximum absolute atomic E-state index is 12.5. The largest absolute Gasteiger partial charge is 0.369 e. The van der Waals surface area contributed by atoms with Crippen LogP contribution in [-0.2, 0) is 16.8 Å². The van der Waals surface area contributed by atoms with Crippen LogP contribution in [-0.4, -0.2) is 36.6 Å². The van der Waals surface area contributed by atoms with Crippen LogP contribution < -0.4 is 10.2 Å². The van der Waals surface area contributed by atoms with Gasteiger partial charge in [-0.15, -0.1) is 11.3 Å². The number of piperidine rings is 1. The standard InChI is InChI=1S/C21H25N3O2S/c1-14-2-5-18(22-13-14)24-9-7-21(8-10-24)19-15(6-11-26-21)12-17(27-19)20(25)23-16-3-4-16/h2,5,12-13,16H,3-4,6-11H2,1H3,(H,23,25). The van der Waals surface area contributed by atoms with Crippen molar-refractivity contribution in [1.82, 2.24) is 10.3 Å². The molecule has 1 N–H and O–H groups in total. The maximum atomic E-state index is 12.5. The summed E-state index contributed by atoms with van der Waals surface area (Å²) < 4.78 is 6.35. The molecule has 2 aliphatic heterocycles. The van der Waals surface area contributed by atoms with Crippen molar-refractivity contribution in [2.45, 2.75) is 50.7 Å². The first-order valence-electron chi connectivity index (χ1n) is 9.89. The number of amides is 1. The third-order valence-corrected chi connectivity index (χ3v) is 7.26. The van der Waals surface area contributed by atoms with Gasteiger partial charge in [0.1, 0.15) is 11.4 Å². The smallest absolute Gasteiger partial charge is 0.261 e. The molecule has 27 heavy (non-hydrogen) atoms. The van der Waals surface area contributed by atoms with Crippen molar-refractivity contribution in [2.75, 3.05) is 24.6 Å². The van der Waals surface area contributed by atoms with Crippen LogP contribution in [0.15, 0.2) is 24.4 Å². The zero-order valence-corrected chi connectivity index (χ0v) is 16.5. The van der Waals surface area contributed by atoms with Crippen molar-refractivity contribution in [3.8, 4) is 0 Å². The number of hydrogen-bond donors (Lipinski definition) is 1. The molecule has 1 aliphatic carbocycles. The summed E-state index contributed by atoms with van der Waals surface area (Å²) in [5.41, 5.74) is 2.27. The number of pyridine rings is 1. The number of carbonyl (C=O) groups excluding carboxylic acids is 1. The number of rotatable bonds is 3. The molecular formula is C21H25N3O2S. The van der Waals surface area contributed by atoms with Crippen molar-refractivity contribution in [3.05, 3.63) is 45.3 Å². The van der Waals surface area contributed by atoms with E-state index in [1.165, 1.54) is 16.0 Å². The van der Waals surface area contributed by atoms with E-state index in [4.69, 9.17) is 4.74 Å². The number of nitrogens with zero attached hydrogens (tertiary/aromatic N) is 2. The molecule has 5 rings (SSSR count). The van der Waals surface area contributed by atoms with Gasteiger partial charge in [0.2, 0.25) is 0 Å². The topological polar surface area (TPSA) is 54.5 Å². The zero-order valence-electron chi connectivity index (χ0n) is 15.7. The lowest BCUT2D eigenvalue weighted by molar-refractivity contribution is -0.0735. The molecule has 0 bridgehead atoms. The van der Waals surface area contributed by atoms with E-state index < -0.39 is 0 Å². The van der Waals surface area contributed by atoms with E-state index in [1.807, 2.05) is 6.20 Å². The van der Waals surface area contributed by atoms with Gasteiger partial charge in [0, 0.05) is 30.2 Å². The average Bonchev–Trinajstić information content (AvgIpc) is 3.38. The molecule has 4 heterocycles. The van der Waals surface area contributed by atoms with Gasteiger partial charge >= 0.3 is 0 Å². The summed E-state index contributed by atoms with van der Waals surface area (Å²) in [6.07, 6.45) is 6.96. The van der Waals surface area contributed by atoms with E-state index in [2.05, 4.69) is 40.3 Å². The summed E-state index contributed by atoms with van der Waals surface area (Å²) >= 11 is 1.65. The first-order chi connectivity index (χ1) is 13.1. The van der Waals surface area contributed by atoms with Crippen molar-refractivity contribution >= 4 is 23.1 Å². The number of fused-ring (bicyclic) bond motifs is 2. The number of carbonyl (C=O) groups is 1. The zero-order chi connectivity index (χ0) is 18.4. The number of nitrogens with one attached hydrogen (secondary N) is 1. The van der Waals surface area contributed by atoms with Crippen molar-refractivity contribution in [1.29, 1.82) is 0 Å². The van der Waals surface area contributed by atoms with Crippen LogP contribution in [0.4, 0.5) is 5.82 Å². The summed E-state index contributed by atoms with van der Waals surface area (Å²) in [6.45, 7) is 4.66. The summed E-state index contributed by atoms with van der Waals surface area (Å²) in [5.74, 6) is 1.13. The highest BCUT2D eigenvalue weighted by Crippen LogP contribution is 2.46. The Bertz CT molecular complexity index is 849. The molecule has 6 heteroatoms. The molecule has 1 saturated heterocycles. The third kappa shape index (κ3) is 3.25. The fourth-order valence-corrected chi connectivity index (χ4v) is 5.45. The van der Waals surface area contributed by atoms with Gasteiger partial charge in [-0.25, -0.2) is 4.98 Å². The normalized spacial score (nSPS) is 21.1. The monoisotopic (exact) mass is 383 g/mol. The van der Waals surface area contributed by atoms with Gasteiger partial charge in [-0.2, -0.15) is 0 Å². The molecule has 5 nitrogen and oxygen atoms in total. The Labute approximate surface area is 163 Å². The molecule has 2 fully saturated rings. The minimum Gasteiger partial charge on any atom is -0.369 e. The molecule has 0 aromatic carbocycles. The van der Waals surface area contributed by atoms with Crippen molar-refractivity contribution in [3.63, 3.8) is 0 Å². The highest BCUT2D eigenvalue weighted by Gasteiger charge is 2.43. The van der Waals surface area contributed by atoms with Crippen LogP contribution in [0.3, 0.4) is 0 Å². The second-order valence-corrected chi connectivity index (χ2v) is 9.04. The van der Waals surface area contributed by atoms with Crippen LogP contribution >= 0.6 is 11.3 Å². The summed E-state index contributed by atoms with van der Waals surface area (Å²) in [5, 5.41) is 3.12. The number of anilines is 1. The number of aromatic nitrogens is 1. The first kappa shape index (κ1) is 17.2. The number of aryl methyl sites for hydroxylation is 1. The van der Waals surface area contributed by atoms with Gasteiger partial charge in [0.25, 0.3) is 5.91 Å². The number of hydrogen-bond acceptors (Lipinski definition) is 5. The average molecular weight is 384 g/mol. The SMILES string of the molecule is Cc1ccc(N2CCC3(CC2)OCCc2cc(C(=O)NC4CC4)sc23)nc1. The van der Waals surface area contributed by atoms with E-state index in [-0.39, 0.29) is 11.5 Å². The van der Waals surface area contributed by atoms with Gasteiger partial charge in [-0.3, -0.25) is 4.79 Å². The molecular weight excluding hydrogens is 358 g/mol. The fourth-order valence-electron chi connectivity index (χ4n) is 4.13. The minimum atomic E-state index is -0.225. The van der Waals surface area contributed by atoms with E-state index in [0.717, 1.165) is 62.5 Å². The van der Waals surface area contributed by atoms with Crippen LogP contribution in [0.2, 0.25) is 0 Å². The molecule has 1 saturated carbocycles. The second kappa shape index (κ2) is 6.60. The Kier molecular flexibility index (Phi) is 4.20. The maximum Gasteiger partial charge on any atom is 0.261 e. The molecule has 2 aromatic rings. The summed E-state index contributed by atoms with van der Waals surface area (Å²) in [4.78, 5) is 21.5. The summed E-state index contributed by atoms with van der Waals surface area (Å²) in [7, 11) is 0. The Morgan fingerprint density at radius 3 is 2.85 bits per heavy atom. The number of thiophene rings is 1. The predicted molar refractivity (Wildman–Crippen MR) is 107 cm³/mol. The molecule has 2 aromatic heterocycles. The quantitative estimate of drug-likeness (QED) is 0.882. The van der Waals surface area contributed by atoms with Crippen LogP contribution in [0, 0.1) is 6.92 Å². The highest BCUT2D eigenvalue weighted by molar-refractivity contribution is 7.14. The van der Waals surface area contributed by atoms with Gasteiger partial charge in [0.15, 0.2) is 0 Å². The predicted octanol–water partition coefficient (Wildman–Crippen LogP) is 3.41. The Balaban J connectivity index is 1.35. The number of ether oxygens (including phenoxy) is 1. The van der Waals surface area contributed by atoms with E-state index in [0.29, 0.717) is 6.04 Å². The van der Waals surface area contributed by atoms with Crippen LogP contribution in [0.1, 0.15) is 51.4 Å². The van der Waals surface area contributed by atoms with Crippen LogP contribution in [0.5, 0.6) is 0 Å². The lowest BCUT2D eigenvalue weighted by Gasteiger charge is -2.44.